The molecule has 124 valence electrons. The molecule has 2 aromatic rings. The first-order valence-electron chi connectivity index (χ1n) is 6.09. The highest BCUT2D eigenvalue weighted by molar-refractivity contribution is 7.89. The number of benzene rings is 1. The molecule has 1 aromatic heterocycles. The quantitative estimate of drug-likeness (QED) is 0.865. The summed E-state index contributed by atoms with van der Waals surface area (Å²) in [6.45, 7) is -0.463. The number of halogens is 3. The number of anilines is 1. The van der Waals surface area contributed by atoms with Crippen molar-refractivity contribution in [1.29, 1.82) is 0 Å². The third-order valence-corrected chi connectivity index (χ3v) is 3.59. The number of nitrogens with zero attached hydrogens (tertiary/aromatic N) is 2. The summed E-state index contributed by atoms with van der Waals surface area (Å²) in [7, 11) is -3.93. The fourth-order valence-corrected chi connectivity index (χ4v) is 2.26. The Hall–Kier alpha value is -2.40. The Balaban J connectivity index is 2.07. The first kappa shape index (κ1) is 17.0. The summed E-state index contributed by atoms with van der Waals surface area (Å²) in [5.74, 6) is -0.673. The maximum Gasteiger partial charge on any atom is 0.435 e. The van der Waals surface area contributed by atoms with Gasteiger partial charge < -0.3 is 5.32 Å². The van der Waals surface area contributed by atoms with Crippen LogP contribution < -0.4 is 10.5 Å². The number of sulfonamides is 1. The van der Waals surface area contributed by atoms with Gasteiger partial charge in [-0.05, 0) is 24.3 Å². The van der Waals surface area contributed by atoms with Gasteiger partial charge in [-0.1, -0.05) is 6.07 Å². The minimum atomic E-state index is -4.59. The molecule has 0 aliphatic rings. The van der Waals surface area contributed by atoms with Crippen molar-refractivity contribution in [3.05, 3.63) is 42.2 Å². The second-order valence-corrected chi connectivity index (χ2v) is 6.08. The van der Waals surface area contributed by atoms with Gasteiger partial charge >= 0.3 is 6.18 Å². The maximum absolute atomic E-state index is 12.4. The van der Waals surface area contributed by atoms with Crippen LogP contribution in [0.5, 0.6) is 0 Å². The number of rotatable bonds is 4. The van der Waals surface area contributed by atoms with Crippen LogP contribution in [0.4, 0.5) is 18.9 Å². The highest BCUT2D eigenvalue weighted by atomic mass is 32.2. The molecule has 0 bridgehead atoms. The zero-order valence-corrected chi connectivity index (χ0v) is 12.2. The second kappa shape index (κ2) is 6.01. The number of amides is 1. The minimum Gasteiger partial charge on any atom is -0.324 e. The van der Waals surface area contributed by atoms with Crippen LogP contribution in [0.2, 0.25) is 0 Å². The van der Waals surface area contributed by atoms with Gasteiger partial charge in [-0.25, -0.2) is 13.6 Å². The van der Waals surface area contributed by atoms with Gasteiger partial charge in [0.2, 0.25) is 15.9 Å². The molecule has 1 aromatic carbocycles. The summed E-state index contributed by atoms with van der Waals surface area (Å²) in [6.07, 6.45) is -3.57. The number of carbonyl (C=O) groups excluding carboxylic acids is 1. The molecule has 0 radical (unpaired) electrons. The summed E-state index contributed by atoms with van der Waals surface area (Å²) in [6, 6.07) is 5.91. The average molecular weight is 348 g/mol. The molecule has 1 amide bonds. The number of hydrogen-bond acceptors (Lipinski definition) is 4. The molecule has 0 saturated carbocycles. The Labute approximate surface area is 128 Å². The van der Waals surface area contributed by atoms with Gasteiger partial charge in [0.1, 0.15) is 6.54 Å². The normalized spacial score (nSPS) is 12.2. The molecule has 1 heterocycles. The van der Waals surface area contributed by atoms with E-state index in [4.69, 9.17) is 5.14 Å². The van der Waals surface area contributed by atoms with Crippen LogP contribution in [-0.2, 0) is 27.5 Å². The lowest BCUT2D eigenvalue weighted by atomic mass is 10.3. The van der Waals surface area contributed by atoms with E-state index in [1.54, 1.807) is 0 Å². The Morgan fingerprint density at radius 2 is 2.00 bits per heavy atom. The van der Waals surface area contributed by atoms with E-state index < -0.39 is 34.3 Å². The standard InChI is InChI=1S/C12H11F3N4O3S/c13-12(14,15)10-4-5-19(18-10)7-11(20)17-8-2-1-3-9(6-8)23(16,21)22/h1-6H,7H2,(H,17,20)(H2,16,21,22). The van der Waals surface area contributed by atoms with Crippen LogP contribution in [0.15, 0.2) is 41.4 Å². The largest absolute Gasteiger partial charge is 0.435 e. The molecule has 0 aliphatic heterocycles. The van der Waals surface area contributed by atoms with E-state index in [-0.39, 0.29) is 10.6 Å². The lowest BCUT2D eigenvalue weighted by Crippen LogP contribution is -2.20. The fourth-order valence-electron chi connectivity index (χ4n) is 1.70. The summed E-state index contributed by atoms with van der Waals surface area (Å²) >= 11 is 0. The van der Waals surface area contributed by atoms with Crippen molar-refractivity contribution in [2.75, 3.05) is 5.32 Å². The summed E-state index contributed by atoms with van der Waals surface area (Å²) in [4.78, 5) is 11.6. The molecule has 3 N–H and O–H groups in total. The number of carbonyl (C=O) groups is 1. The second-order valence-electron chi connectivity index (χ2n) is 4.52. The van der Waals surface area contributed by atoms with Gasteiger partial charge in [-0.3, -0.25) is 9.48 Å². The van der Waals surface area contributed by atoms with E-state index in [9.17, 15) is 26.4 Å². The SMILES string of the molecule is NS(=O)(=O)c1cccc(NC(=O)Cn2ccc(C(F)(F)F)n2)c1. The highest BCUT2D eigenvalue weighted by Crippen LogP contribution is 2.27. The third-order valence-electron chi connectivity index (χ3n) is 2.68. The van der Waals surface area contributed by atoms with E-state index in [1.807, 2.05) is 0 Å². The van der Waals surface area contributed by atoms with Crippen molar-refractivity contribution in [2.45, 2.75) is 17.6 Å². The molecule has 7 nitrogen and oxygen atoms in total. The van der Waals surface area contributed by atoms with E-state index in [0.717, 1.165) is 23.0 Å². The van der Waals surface area contributed by atoms with Crippen LogP contribution in [0.3, 0.4) is 0 Å². The average Bonchev–Trinajstić information content (AvgIpc) is 2.86. The van der Waals surface area contributed by atoms with Crippen molar-refractivity contribution in [3.63, 3.8) is 0 Å². The Morgan fingerprint density at radius 3 is 2.57 bits per heavy atom. The maximum atomic E-state index is 12.4. The first-order chi connectivity index (χ1) is 10.6. The van der Waals surface area contributed by atoms with Gasteiger partial charge in [0.25, 0.3) is 0 Å². The molecule has 0 saturated heterocycles. The molecule has 0 spiro atoms. The van der Waals surface area contributed by atoms with Crippen molar-refractivity contribution >= 4 is 21.6 Å². The number of hydrogen-bond donors (Lipinski definition) is 2. The van der Waals surface area contributed by atoms with Crippen LogP contribution in [0, 0.1) is 0 Å². The molecule has 23 heavy (non-hydrogen) atoms. The van der Waals surface area contributed by atoms with Crippen molar-refractivity contribution < 1.29 is 26.4 Å². The lowest BCUT2D eigenvalue weighted by Gasteiger charge is -2.07. The predicted molar refractivity (Wildman–Crippen MR) is 73.7 cm³/mol. The Kier molecular flexibility index (Phi) is 4.43. The van der Waals surface area contributed by atoms with Gasteiger partial charge in [-0.15, -0.1) is 0 Å². The van der Waals surface area contributed by atoms with Crippen LogP contribution in [0.25, 0.3) is 0 Å². The minimum absolute atomic E-state index is 0.143. The zero-order chi connectivity index (χ0) is 17.3. The lowest BCUT2D eigenvalue weighted by molar-refractivity contribution is -0.141. The summed E-state index contributed by atoms with van der Waals surface area (Å²) < 4.78 is 60.4. The number of nitrogens with two attached hydrogens (primary N) is 1. The molecule has 11 heteroatoms. The fraction of sp³-hybridized carbons (Fsp3) is 0.167. The third kappa shape index (κ3) is 4.53. The number of aromatic nitrogens is 2. The number of alkyl halides is 3. The highest BCUT2D eigenvalue weighted by Gasteiger charge is 2.33. The molecular weight excluding hydrogens is 337 g/mol. The zero-order valence-electron chi connectivity index (χ0n) is 11.4. The topological polar surface area (TPSA) is 107 Å². The van der Waals surface area contributed by atoms with Gasteiger partial charge in [-0.2, -0.15) is 18.3 Å². The number of nitrogens with one attached hydrogen (secondary N) is 1. The van der Waals surface area contributed by atoms with Gasteiger partial charge in [0.05, 0.1) is 4.90 Å². The van der Waals surface area contributed by atoms with E-state index in [1.165, 1.54) is 18.2 Å². The van der Waals surface area contributed by atoms with Crippen LogP contribution in [0.1, 0.15) is 5.69 Å². The molecule has 0 atom stereocenters. The Bertz CT molecular complexity index is 830. The van der Waals surface area contributed by atoms with Crippen LogP contribution in [-0.4, -0.2) is 24.1 Å². The molecule has 0 unspecified atom stereocenters. The van der Waals surface area contributed by atoms with E-state index in [0.29, 0.717) is 0 Å². The van der Waals surface area contributed by atoms with Crippen molar-refractivity contribution in [2.24, 2.45) is 5.14 Å². The number of primary sulfonamides is 1. The van der Waals surface area contributed by atoms with Crippen molar-refractivity contribution in [3.8, 4) is 0 Å². The van der Waals surface area contributed by atoms with Crippen molar-refractivity contribution in [1.82, 2.24) is 9.78 Å². The van der Waals surface area contributed by atoms with E-state index >= 15 is 0 Å². The predicted octanol–water partition coefficient (Wildman–Crippen LogP) is 1.19. The van der Waals surface area contributed by atoms with E-state index in [2.05, 4.69) is 10.4 Å². The smallest absolute Gasteiger partial charge is 0.324 e. The first-order valence-corrected chi connectivity index (χ1v) is 7.64. The van der Waals surface area contributed by atoms with Gasteiger partial charge in [0.15, 0.2) is 5.69 Å². The van der Waals surface area contributed by atoms with Gasteiger partial charge in [0, 0.05) is 11.9 Å². The monoisotopic (exact) mass is 348 g/mol. The Morgan fingerprint density at radius 1 is 1.30 bits per heavy atom. The molecule has 0 fully saturated rings. The molecule has 2 rings (SSSR count). The summed E-state index contributed by atoms with van der Waals surface area (Å²) in [5, 5.41) is 10.5. The summed E-state index contributed by atoms with van der Waals surface area (Å²) in [5.41, 5.74) is -0.966. The van der Waals surface area contributed by atoms with Crippen LogP contribution >= 0.6 is 0 Å². The molecular formula is C12H11F3N4O3S. The molecule has 0 aliphatic carbocycles.